The first kappa shape index (κ1) is 12.1. The van der Waals surface area contributed by atoms with Crippen molar-refractivity contribution in [3.05, 3.63) is 27.2 Å². The van der Waals surface area contributed by atoms with Gasteiger partial charge in [-0.25, -0.2) is 8.42 Å². The molecule has 1 rings (SSSR count). The summed E-state index contributed by atoms with van der Waals surface area (Å²) in [6.07, 6.45) is 0. The minimum atomic E-state index is -3.34. The Bertz CT molecular complexity index is 454. The maximum absolute atomic E-state index is 11.5. The molecule has 0 aliphatic heterocycles. The number of hydrogen-bond acceptors (Lipinski definition) is 2. The summed E-state index contributed by atoms with van der Waals surface area (Å²) in [5, 5.41) is 0.524. The molecule has 0 aromatic heterocycles. The van der Waals surface area contributed by atoms with Gasteiger partial charge < -0.3 is 0 Å². The third-order valence-corrected chi connectivity index (χ3v) is 4.60. The second-order valence-electron chi connectivity index (χ2n) is 2.60. The smallest absolute Gasteiger partial charge is 0.179 e. The molecule has 78 valence electrons. The minimum absolute atomic E-state index is 0.0231. The average Bonchev–Trinajstić information content (AvgIpc) is 2.11. The monoisotopic (exact) mass is 272 g/mol. The Morgan fingerprint density at radius 3 is 2.07 bits per heavy atom. The van der Waals surface area contributed by atoms with Crippen LogP contribution in [0, 0.1) is 0 Å². The van der Waals surface area contributed by atoms with Gasteiger partial charge in [-0.3, -0.25) is 0 Å². The molecule has 0 radical (unpaired) electrons. The van der Waals surface area contributed by atoms with Crippen molar-refractivity contribution in [3.8, 4) is 0 Å². The van der Waals surface area contributed by atoms with E-state index in [1.807, 2.05) is 0 Å². The van der Waals surface area contributed by atoms with Gasteiger partial charge >= 0.3 is 0 Å². The third-order valence-electron chi connectivity index (χ3n) is 1.69. The third kappa shape index (κ3) is 2.34. The maximum atomic E-state index is 11.5. The Hall–Kier alpha value is 0.0400. The molecule has 1 aromatic carbocycles. The molecular formula is C8H7Cl3O2S. The topological polar surface area (TPSA) is 34.1 Å². The predicted octanol–water partition coefficient (Wildman–Crippen LogP) is 3.44. The molecule has 0 heterocycles. The van der Waals surface area contributed by atoms with Crippen LogP contribution >= 0.6 is 34.8 Å². The van der Waals surface area contributed by atoms with Crippen LogP contribution in [0.15, 0.2) is 17.0 Å². The molecule has 1 aromatic rings. The highest BCUT2D eigenvalue weighted by Gasteiger charge is 2.17. The standard InChI is InChI=1S/C8H7Cl3O2S/c1-2-14(12,13)8-4-6(10)5(9)3-7(8)11/h3-4H,2H2,1H3. The first-order valence-corrected chi connectivity index (χ1v) is 6.54. The lowest BCUT2D eigenvalue weighted by Crippen LogP contribution is -2.04. The number of benzene rings is 1. The zero-order valence-corrected chi connectivity index (χ0v) is 10.3. The summed E-state index contributed by atoms with van der Waals surface area (Å²) < 4.78 is 23.0. The van der Waals surface area contributed by atoms with Crippen LogP contribution in [0.25, 0.3) is 0 Å². The van der Waals surface area contributed by atoms with E-state index in [4.69, 9.17) is 34.8 Å². The fourth-order valence-corrected chi connectivity index (χ4v) is 2.83. The van der Waals surface area contributed by atoms with E-state index in [0.717, 1.165) is 0 Å². The second-order valence-corrected chi connectivity index (χ2v) is 6.07. The summed E-state index contributed by atoms with van der Waals surface area (Å²) >= 11 is 17.1. The molecular weight excluding hydrogens is 267 g/mol. The molecule has 0 unspecified atom stereocenters. The summed E-state index contributed by atoms with van der Waals surface area (Å²) in [5.74, 6) is -0.0231. The van der Waals surface area contributed by atoms with E-state index in [2.05, 4.69) is 0 Å². The fraction of sp³-hybridized carbons (Fsp3) is 0.250. The SMILES string of the molecule is CCS(=O)(=O)c1cc(Cl)c(Cl)cc1Cl. The van der Waals surface area contributed by atoms with E-state index >= 15 is 0 Å². The van der Waals surface area contributed by atoms with Crippen LogP contribution in [0.1, 0.15) is 6.92 Å². The summed E-state index contributed by atoms with van der Waals surface area (Å²) in [6, 6.07) is 2.60. The quantitative estimate of drug-likeness (QED) is 0.774. The van der Waals surface area contributed by atoms with Crippen LogP contribution in [0.3, 0.4) is 0 Å². The zero-order chi connectivity index (χ0) is 10.9. The number of halogens is 3. The van der Waals surface area contributed by atoms with Crippen molar-refractivity contribution < 1.29 is 8.42 Å². The average molecular weight is 274 g/mol. The van der Waals surface area contributed by atoms with Gasteiger partial charge in [-0.1, -0.05) is 41.7 Å². The van der Waals surface area contributed by atoms with E-state index in [1.165, 1.54) is 19.1 Å². The van der Waals surface area contributed by atoms with Crippen LogP contribution in [0.5, 0.6) is 0 Å². The van der Waals surface area contributed by atoms with Crippen LogP contribution in [0.4, 0.5) is 0 Å². The largest absolute Gasteiger partial charge is 0.224 e. The van der Waals surface area contributed by atoms with Crippen molar-refractivity contribution in [1.29, 1.82) is 0 Å². The Labute approximate surface area is 97.7 Å². The van der Waals surface area contributed by atoms with E-state index in [-0.39, 0.29) is 25.7 Å². The molecule has 0 saturated heterocycles. The second kappa shape index (κ2) is 4.27. The highest BCUT2D eigenvalue weighted by Crippen LogP contribution is 2.31. The van der Waals surface area contributed by atoms with Crippen molar-refractivity contribution >= 4 is 44.6 Å². The van der Waals surface area contributed by atoms with E-state index in [0.29, 0.717) is 0 Å². The molecule has 0 saturated carbocycles. The van der Waals surface area contributed by atoms with Crippen molar-refractivity contribution in [2.45, 2.75) is 11.8 Å². The molecule has 14 heavy (non-hydrogen) atoms. The first-order valence-electron chi connectivity index (χ1n) is 3.75. The van der Waals surface area contributed by atoms with E-state index in [1.54, 1.807) is 0 Å². The molecule has 0 bridgehead atoms. The number of rotatable bonds is 2. The maximum Gasteiger partial charge on any atom is 0.179 e. The van der Waals surface area contributed by atoms with Crippen molar-refractivity contribution in [2.24, 2.45) is 0 Å². The zero-order valence-electron chi connectivity index (χ0n) is 7.22. The summed E-state index contributed by atoms with van der Waals surface area (Å²) in [7, 11) is -3.34. The van der Waals surface area contributed by atoms with E-state index < -0.39 is 9.84 Å². The van der Waals surface area contributed by atoms with Gasteiger partial charge in [-0.2, -0.15) is 0 Å². The van der Waals surface area contributed by atoms with Crippen molar-refractivity contribution in [2.75, 3.05) is 5.75 Å². The van der Waals surface area contributed by atoms with Crippen LogP contribution in [-0.4, -0.2) is 14.2 Å². The Balaban J connectivity index is 3.45. The Morgan fingerprint density at radius 2 is 1.57 bits per heavy atom. The molecule has 6 heteroatoms. The fourth-order valence-electron chi connectivity index (χ4n) is 0.898. The van der Waals surface area contributed by atoms with Crippen molar-refractivity contribution in [3.63, 3.8) is 0 Å². The number of hydrogen-bond donors (Lipinski definition) is 0. The summed E-state index contributed by atoms with van der Waals surface area (Å²) in [6.45, 7) is 1.54. The Morgan fingerprint density at radius 1 is 1.07 bits per heavy atom. The van der Waals surface area contributed by atoms with Crippen molar-refractivity contribution in [1.82, 2.24) is 0 Å². The summed E-state index contributed by atoms with van der Waals surface area (Å²) in [4.78, 5) is 0.0241. The lowest BCUT2D eigenvalue weighted by atomic mass is 10.4. The van der Waals surface area contributed by atoms with Crippen LogP contribution in [0.2, 0.25) is 15.1 Å². The van der Waals surface area contributed by atoms with Gasteiger partial charge in [0.15, 0.2) is 9.84 Å². The highest BCUT2D eigenvalue weighted by atomic mass is 35.5. The number of sulfone groups is 1. The molecule has 0 aliphatic rings. The van der Waals surface area contributed by atoms with Gasteiger partial charge in [0.05, 0.1) is 25.7 Å². The molecule has 0 amide bonds. The summed E-state index contributed by atoms with van der Waals surface area (Å²) in [5.41, 5.74) is 0. The predicted molar refractivity (Wildman–Crippen MR) is 59.2 cm³/mol. The van der Waals surface area contributed by atoms with Crippen LogP contribution in [-0.2, 0) is 9.84 Å². The van der Waals surface area contributed by atoms with Gasteiger partial charge in [-0.05, 0) is 12.1 Å². The molecule has 0 fully saturated rings. The van der Waals surface area contributed by atoms with Gasteiger partial charge in [0.2, 0.25) is 0 Å². The highest BCUT2D eigenvalue weighted by molar-refractivity contribution is 7.91. The van der Waals surface area contributed by atoms with Gasteiger partial charge in [-0.15, -0.1) is 0 Å². The molecule has 2 nitrogen and oxygen atoms in total. The lowest BCUT2D eigenvalue weighted by Gasteiger charge is -2.05. The van der Waals surface area contributed by atoms with Gasteiger partial charge in [0, 0.05) is 0 Å². The molecule has 0 N–H and O–H groups in total. The normalized spacial score (nSPS) is 11.7. The van der Waals surface area contributed by atoms with Crippen LogP contribution < -0.4 is 0 Å². The lowest BCUT2D eigenvalue weighted by molar-refractivity contribution is 0.597. The van der Waals surface area contributed by atoms with E-state index in [9.17, 15) is 8.42 Å². The molecule has 0 aliphatic carbocycles. The van der Waals surface area contributed by atoms with Gasteiger partial charge in [0.1, 0.15) is 0 Å². The Kier molecular flexibility index (Phi) is 3.69. The van der Waals surface area contributed by atoms with Gasteiger partial charge in [0.25, 0.3) is 0 Å². The molecule has 0 atom stereocenters. The molecule has 0 spiro atoms. The minimum Gasteiger partial charge on any atom is -0.224 e. The first-order chi connectivity index (χ1) is 6.38.